The summed E-state index contributed by atoms with van der Waals surface area (Å²) in [6.07, 6.45) is 1.75. The van der Waals surface area contributed by atoms with Gasteiger partial charge in [0, 0.05) is 25.8 Å². The molecule has 0 spiro atoms. The quantitative estimate of drug-likeness (QED) is 0.552. The Morgan fingerprint density at radius 2 is 2.22 bits per heavy atom. The molecule has 1 aliphatic rings. The molecular formula is C13H20ClN3O5S. The number of hydrogen-bond acceptors (Lipinski definition) is 6. The molecule has 23 heavy (non-hydrogen) atoms. The van der Waals surface area contributed by atoms with Crippen molar-refractivity contribution in [1.82, 2.24) is 10.0 Å². The first-order valence-corrected chi connectivity index (χ1v) is 8.35. The number of non-ortho nitro benzene ring substituents is 1. The average molecular weight is 366 g/mol. The molecule has 0 bridgehead atoms. The van der Waals surface area contributed by atoms with Crippen LogP contribution in [0.5, 0.6) is 0 Å². The highest BCUT2D eigenvalue weighted by molar-refractivity contribution is 7.89. The molecule has 1 atom stereocenters. The molecule has 1 aliphatic heterocycles. The molecule has 2 rings (SSSR count). The Bertz CT molecular complexity index is 647. The summed E-state index contributed by atoms with van der Waals surface area (Å²) >= 11 is 0. The van der Waals surface area contributed by atoms with Crippen molar-refractivity contribution >= 4 is 28.1 Å². The van der Waals surface area contributed by atoms with Crippen LogP contribution in [0.4, 0.5) is 5.69 Å². The van der Waals surface area contributed by atoms with Crippen LogP contribution in [0, 0.1) is 10.1 Å². The molecule has 1 saturated heterocycles. The molecule has 0 amide bonds. The van der Waals surface area contributed by atoms with E-state index in [4.69, 9.17) is 4.74 Å². The van der Waals surface area contributed by atoms with E-state index >= 15 is 0 Å². The molecule has 1 unspecified atom stereocenters. The highest BCUT2D eigenvalue weighted by atomic mass is 35.5. The highest BCUT2D eigenvalue weighted by Gasteiger charge is 2.34. The van der Waals surface area contributed by atoms with E-state index in [9.17, 15) is 18.5 Å². The maximum absolute atomic E-state index is 12.3. The second kappa shape index (κ2) is 8.02. The number of sulfonamides is 1. The lowest BCUT2D eigenvalue weighted by molar-refractivity contribution is -0.385. The van der Waals surface area contributed by atoms with Crippen LogP contribution in [0.2, 0.25) is 0 Å². The van der Waals surface area contributed by atoms with E-state index in [-0.39, 0.29) is 29.5 Å². The van der Waals surface area contributed by atoms with Gasteiger partial charge in [0.1, 0.15) is 0 Å². The zero-order valence-electron chi connectivity index (χ0n) is 12.6. The van der Waals surface area contributed by atoms with Crippen molar-refractivity contribution in [3.63, 3.8) is 0 Å². The summed E-state index contributed by atoms with van der Waals surface area (Å²) in [7, 11) is -2.24. The lowest BCUT2D eigenvalue weighted by Gasteiger charge is -2.28. The lowest BCUT2D eigenvalue weighted by atomic mass is 9.99. The molecule has 10 heteroatoms. The Morgan fingerprint density at radius 1 is 1.48 bits per heavy atom. The number of nitro benzene ring substituents is 1. The Hall–Kier alpha value is -1.26. The molecule has 1 fully saturated rings. The third-order valence-corrected chi connectivity index (χ3v) is 5.09. The largest absolute Gasteiger partial charge is 0.383 e. The maximum atomic E-state index is 12.3. The summed E-state index contributed by atoms with van der Waals surface area (Å²) < 4.78 is 32.3. The van der Waals surface area contributed by atoms with Gasteiger partial charge in [0.05, 0.1) is 22.0 Å². The summed E-state index contributed by atoms with van der Waals surface area (Å²) in [5.74, 6) is 0. The van der Waals surface area contributed by atoms with Crippen molar-refractivity contribution in [2.24, 2.45) is 0 Å². The molecule has 1 aromatic rings. The zero-order valence-corrected chi connectivity index (χ0v) is 14.3. The number of rotatable bonds is 7. The van der Waals surface area contributed by atoms with Crippen LogP contribution < -0.4 is 10.0 Å². The van der Waals surface area contributed by atoms with Gasteiger partial charge in [-0.1, -0.05) is 6.07 Å². The molecule has 0 saturated carbocycles. The smallest absolute Gasteiger partial charge is 0.270 e. The van der Waals surface area contributed by atoms with Crippen LogP contribution >= 0.6 is 12.4 Å². The third-order valence-electron chi connectivity index (χ3n) is 3.69. The minimum Gasteiger partial charge on any atom is -0.383 e. The van der Waals surface area contributed by atoms with Gasteiger partial charge in [-0.05, 0) is 25.5 Å². The fraction of sp³-hybridized carbons (Fsp3) is 0.538. The molecule has 8 nitrogen and oxygen atoms in total. The van der Waals surface area contributed by atoms with E-state index in [0.29, 0.717) is 6.61 Å². The topological polar surface area (TPSA) is 111 Å². The summed E-state index contributed by atoms with van der Waals surface area (Å²) in [6.45, 7) is 1.37. The van der Waals surface area contributed by atoms with E-state index < -0.39 is 20.5 Å². The maximum Gasteiger partial charge on any atom is 0.270 e. The first-order chi connectivity index (χ1) is 10.4. The van der Waals surface area contributed by atoms with E-state index in [0.717, 1.165) is 25.5 Å². The summed E-state index contributed by atoms with van der Waals surface area (Å²) in [5, 5.41) is 14.0. The molecule has 2 N–H and O–H groups in total. The van der Waals surface area contributed by atoms with Gasteiger partial charge in [0.2, 0.25) is 10.0 Å². The van der Waals surface area contributed by atoms with Gasteiger partial charge in [0.15, 0.2) is 0 Å². The number of hydrogen-bond donors (Lipinski definition) is 2. The van der Waals surface area contributed by atoms with Crippen molar-refractivity contribution in [3.8, 4) is 0 Å². The van der Waals surface area contributed by atoms with Crippen LogP contribution in [-0.2, 0) is 14.8 Å². The number of halogens is 1. The van der Waals surface area contributed by atoms with Gasteiger partial charge in [-0.25, -0.2) is 13.1 Å². The van der Waals surface area contributed by atoms with Gasteiger partial charge in [0.25, 0.3) is 5.69 Å². The zero-order chi connectivity index (χ0) is 16.2. The van der Waals surface area contributed by atoms with Crippen molar-refractivity contribution in [3.05, 3.63) is 34.4 Å². The molecule has 1 aromatic carbocycles. The van der Waals surface area contributed by atoms with E-state index in [1.54, 1.807) is 7.11 Å². The molecule has 0 radical (unpaired) electrons. The number of nitrogens with zero attached hydrogens (tertiary/aromatic N) is 1. The molecular weight excluding hydrogens is 346 g/mol. The number of ether oxygens (including phenoxy) is 1. The molecule has 1 heterocycles. The Labute approximate surface area is 141 Å². The monoisotopic (exact) mass is 365 g/mol. The second-order valence-electron chi connectivity index (χ2n) is 5.32. The van der Waals surface area contributed by atoms with E-state index in [2.05, 4.69) is 10.0 Å². The number of benzene rings is 1. The Balaban J connectivity index is 0.00000264. The highest BCUT2D eigenvalue weighted by Crippen LogP contribution is 2.21. The molecule has 0 aliphatic carbocycles. The van der Waals surface area contributed by atoms with E-state index in [1.807, 2.05) is 0 Å². The summed E-state index contributed by atoms with van der Waals surface area (Å²) in [6, 6.07) is 4.99. The summed E-state index contributed by atoms with van der Waals surface area (Å²) in [4.78, 5) is 10.0. The van der Waals surface area contributed by atoms with Crippen LogP contribution in [-0.4, -0.2) is 45.7 Å². The van der Waals surface area contributed by atoms with Gasteiger partial charge in [-0.3, -0.25) is 10.1 Å². The molecule has 130 valence electrons. The van der Waals surface area contributed by atoms with Crippen LogP contribution in [0.25, 0.3) is 0 Å². The third kappa shape index (κ3) is 4.85. The van der Waals surface area contributed by atoms with Crippen LogP contribution in [0.15, 0.2) is 29.2 Å². The number of nitro groups is 1. The van der Waals surface area contributed by atoms with Gasteiger partial charge in [-0.2, -0.15) is 0 Å². The predicted molar refractivity (Wildman–Crippen MR) is 87.4 cm³/mol. The van der Waals surface area contributed by atoms with Gasteiger partial charge < -0.3 is 10.1 Å². The minimum atomic E-state index is -3.81. The number of nitrogens with one attached hydrogen (secondary N) is 2. The molecule has 0 aromatic heterocycles. The minimum absolute atomic E-state index is 0. The first kappa shape index (κ1) is 19.8. The van der Waals surface area contributed by atoms with E-state index in [1.165, 1.54) is 18.2 Å². The van der Waals surface area contributed by atoms with Crippen molar-refractivity contribution < 1.29 is 18.1 Å². The SMILES string of the molecule is COCC1(CNS(=O)(=O)c2cccc([N+](=O)[O-])c2)CCCN1.Cl. The van der Waals surface area contributed by atoms with Crippen LogP contribution in [0.1, 0.15) is 12.8 Å². The second-order valence-corrected chi connectivity index (χ2v) is 7.09. The summed E-state index contributed by atoms with van der Waals surface area (Å²) in [5.41, 5.74) is -0.684. The lowest BCUT2D eigenvalue weighted by Crippen LogP contribution is -2.52. The van der Waals surface area contributed by atoms with Crippen molar-refractivity contribution in [2.45, 2.75) is 23.3 Å². The fourth-order valence-corrected chi connectivity index (χ4v) is 3.72. The fourth-order valence-electron chi connectivity index (χ4n) is 2.55. The Kier molecular flexibility index (Phi) is 6.90. The Morgan fingerprint density at radius 3 is 2.78 bits per heavy atom. The van der Waals surface area contributed by atoms with Crippen molar-refractivity contribution in [2.75, 3.05) is 26.8 Å². The average Bonchev–Trinajstić information content (AvgIpc) is 2.95. The van der Waals surface area contributed by atoms with Gasteiger partial charge >= 0.3 is 0 Å². The standard InChI is InChI=1S/C13H19N3O5S.ClH/c1-21-10-13(6-3-7-14-13)9-15-22(19,20)12-5-2-4-11(8-12)16(17)18;/h2,4-5,8,14-15H,3,6-7,9-10H2,1H3;1H. The van der Waals surface area contributed by atoms with Crippen LogP contribution in [0.3, 0.4) is 0 Å². The van der Waals surface area contributed by atoms with Crippen molar-refractivity contribution in [1.29, 1.82) is 0 Å². The predicted octanol–water partition coefficient (Wildman–Crippen LogP) is 1.06. The van der Waals surface area contributed by atoms with Gasteiger partial charge in [-0.15, -0.1) is 12.4 Å². The first-order valence-electron chi connectivity index (χ1n) is 6.87. The number of methoxy groups -OCH3 is 1. The normalized spacial score (nSPS) is 20.9.